The van der Waals surface area contributed by atoms with Gasteiger partial charge >= 0.3 is 0 Å². The maximum absolute atomic E-state index is 11.6. The quantitative estimate of drug-likeness (QED) is 0.628. The molecular formula is C9H20N2O2. The Bertz CT molecular complexity index is 160. The third-order valence-corrected chi connectivity index (χ3v) is 2.07. The zero-order chi connectivity index (χ0) is 10.4. The third kappa shape index (κ3) is 3.74. The van der Waals surface area contributed by atoms with Gasteiger partial charge in [0.1, 0.15) is 0 Å². The molecule has 0 aromatic carbocycles. The molecule has 0 rings (SSSR count). The van der Waals surface area contributed by atoms with E-state index in [9.17, 15) is 4.79 Å². The van der Waals surface area contributed by atoms with Gasteiger partial charge in [0.25, 0.3) is 0 Å². The minimum Gasteiger partial charge on any atom is -0.395 e. The van der Waals surface area contributed by atoms with Gasteiger partial charge in [-0.05, 0) is 12.8 Å². The summed E-state index contributed by atoms with van der Waals surface area (Å²) < 4.78 is 0. The Morgan fingerprint density at radius 3 is 2.38 bits per heavy atom. The highest BCUT2D eigenvalue weighted by molar-refractivity contribution is 5.81. The number of nitrogens with two attached hydrogens (primary N) is 1. The van der Waals surface area contributed by atoms with Crippen LogP contribution in [0.15, 0.2) is 0 Å². The van der Waals surface area contributed by atoms with Gasteiger partial charge in [-0.3, -0.25) is 4.79 Å². The van der Waals surface area contributed by atoms with Crippen LogP contribution in [0.4, 0.5) is 0 Å². The summed E-state index contributed by atoms with van der Waals surface area (Å²) in [4.78, 5) is 13.2. The molecule has 1 atom stereocenters. The first-order valence-electron chi connectivity index (χ1n) is 4.69. The minimum atomic E-state index is -0.452. The van der Waals surface area contributed by atoms with Crippen molar-refractivity contribution >= 4 is 5.91 Å². The molecule has 0 radical (unpaired) electrons. The Kier molecular flexibility index (Phi) is 5.66. The van der Waals surface area contributed by atoms with Crippen molar-refractivity contribution in [2.75, 3.05) is 19.7 Å². The van der Waals surface area contributed by atoms with Crippen LogP contribution in [0.3, 0.4) is 0 Å². The minimum absolute atomic E-state index is 0.00953. The van der Waals surface area contributed by atoms with E-state index < -0.39 is 6.04 Å². The molecule has 0 saturated heterocycles. The Morgan fingerprint density at radius 1 is 1.54 bits per heavy atom. The van der Waals surface area contributed by atoms with E-state index in [2.05, 4.69) is 0 Å². The van der Waals surface area contributed by atoms with E-state index in [0.29, 0.717) is 13.1 Å². The largest absolute Gasteiger partial charge is 0.395 e. The lowest BCUT2D eigenvalue weighted by atomic mass is 10.0. The molecule has 0 spiro atoms. The van der Waals surface area contributed by atoms with Crippen LogP contribution in [-0.4, -0.2) is 41.7 Å². The average Bonchev–Trinajstić information content (AvgIpc) is 2.11. The van der Waals surface area contributed by atoms with E-state index in [-0.39, 0.29) is 18.4 Å². The molecule has 0 aliphatic rings. The lowest BCUT2D eigenvalue weighted by Crippen LogP contribution is -2.47. The van der Waals surface area contributed by atoms with Gasteiger partial charge in [0.15, 0.2) is 0 Å². The highest BCUT2D eigenvalue weighted by atomic mass is 16.3. The smallest absolute Gasteiger partial charge is 0.239 e. The van der Waals surface area contributed by atoms with E-state index in [4.69, 9.17) is 10.8 Å². The van der Waals surface area contributed by atoms with Crippen molar-refractivity contribution in [1.29, 1.82) is 0 Å². The van der Waals surface area contributed by atoms with Crippen molar-refractivity contribution in [2.45, 2.75) is 26.8 Å². The maximum atomic E-state index is 11.6. The highest BCUT2D eigenvalue weighted by Gasteiger charge is 2.21. The van der Waals surface area contributed by atoms with Crippen molar-refractivity contribution in [1.82, 2.24) is 4.90 Å². The van der Waals surface area contributed by atoms with Crippen LogP contribution in [0.2, 0.25) is 0 Å². The van der Waals surface area contributed by atoms with Gasteiger partial charge in [-0.25, -0.2) is 0 Å². The number of carbonyl (C=O) groups is 1. The number of likely N-dealkylation sites (N-methyl/N-ethyl adjacent to an activating group) is 1. The van der Waals surface area contributed by atoms with Gasteiger partial charge in [0, 0.05) is 13.1 Å². The van der Waals surface area contributed by atoms with Crippen LogP contribution < -0.4 is 5.73 Å². The molecule has 4 heteroatoms. The summed E-state index contributed by atoms with van der Waals surface area (Å²) >= 11 is 0. The summed E-state index contributed by atoms with van der Waals surface area (Å²) in [5.41, 5.74) is 5.69. The van der Waals surface area contributed by atoms with E-state index in [1.54, 1.807) is 4.90 Å². The number of aliphatic hydroxyl groups excluding tert-OH is 1. The van der Waals surface area contributed by atoms with Crippen LogP contribution in [0.5, 0.6) is 0 Å². The monoisotopic (exact) mass is 188 g/mol. The van der Waals surface area contributed by atoms with E-state index in [0.717, 1.165) is 0 Å². The van der Waals surface area contributed by atoms with E-state index in [1.807, 2.05) is 20.8 Å². The van der Waals surface area contributed by atoms with Crippen LogP contribution in [0.1, 0.15) is 20.8 Å². The number of nitrogens with zero attached hydrogens (tertiary/aromatic N) is 1. The zero-order valence-electron chi connectivity index (χ0n) is 8.66. The molecule has 0 saturated carbocycles. The topological polar surface area (TPSA) is 66.6 Å². The Balaban J connectivity index is 4.19. The van der Waals surface area contributed by atoms with Crippen molar-refractivity contribution in [2.24, 2.45) is 11.7 Å². The molecule has 0 aromatic rings. The standard InChI is InChI=1S/C9H20N2O2/c1-4-11(5-6-12)9(13)8(10)7(2)3/h7-8,12H,4-6,10H2,1-3H3/t8-/m1/s1. The summed E-state index contributed by atoms with van der Waals surface area (Å²) in [5, 5.41) is 8.70. The van der Waals surface area contributed by atoms with Gasteiger partial charge in [-0.15, -0.1) is 0 Å². The summed E-state index contributed by atoms with van der Waals surface area (Å²) in [6, 6.07) is -0.452. The van der Waals surface area contributed by atoms with Gasteiger partial charge in [0.2, 0.25) is 5.91 Å². The number of amides is 1. The average molecular weight is 188 g/mol. The number of aliphatic hydroxyl groups is 1. The fourth-order valence-electron chi connectivity index (χ4n) is 1.04. The predicted octanol–water partition coefficient (Wildman–Crippen LogP) is -0.189. The third-order valence-electron chi connectivity index (χ3n) is 2.07. The first-order valence-corrected chi connectivity index (χ1v) is 4.69. The Morgan fingerprint density at radius 2 is 2.08 bits per heavy atom. The van der Waals surface area contributed by atoms with Crippen LogP contribution in [-0.2, 0) is 4.79 Å². The number of hydrogen-bond donors (Lipinski definition) is 2. The summed E-state index contributed by atoms with van der Waals surface area (Å²) in [6.45, 7) is 6.66. The Hall–Kier alpha value is -0.610. The van der Waals surface area contributed by atoms with Crippen molar-refractivity contribution in [3.8, 4) is 0 Å². The first kappa shape index (κ1) is 12.4. The predicted molar refractivity (Wildman–Crippen MR) is 52.2 cm³/mol. The fourth-order valence-corrected chi connectivity index (χ4v) is 1.04. The number of rotatable bonds is 5. The second kappa shape index (κ2) is 5.94. The van der Waals surface area contributed by atoms with Crippen LogP contribution in [0, 0.1) is 5.92 Å². The molecule has 0 unspecified atom stereocenters. The highest BCUT2D eigenvalue weighted by Crippen LogP contribution is 2.02. The van der Waals surface area contributed by atoms with E-state index >= 15 is 0 Å². The molecule has 3 N–H and O–H groups in total. The fraction of sp³-hybridized carbons (Fsp3) is 0.889. The van der Waals surface area contributed by atoms with Crippen LogP contribution >= 0.6 is 0 Å². The van der Waals surface area contributed by atoms with Crippen molar-refractivity contribution in [3.05, 3.63) is 0 Å². The molecule has 4 nitrogen and oxygen atoms in total. The molecular weight excluding hydrogens is 168 g/mol. The molecule has 1 amide bonds. The number of hydrogen-bond acceptors (Lipinski definition) is 3. The SMILES string of the molecule is CCN(CCO)C(=O)[C@H](N)C(C)C. The molecule has 0 aromatic heterocycles. The second-order valence-corrected chi connectivity index (χ2v) is 3.41. The van der Waals surface area contributed by atoms with Gasteiger partial charge < -0.3 is 15.7 Å². The molecule has 78 valence electrons. The lowest BCUT2D eigenvalue weighted by molar-refractivity contribution is -0.133. The van der Waals surface area contributed by atoms with Crippen molar-refractivity contribution in [3.63, 3.8) is 0 Å². The normalized spacial score (nSPS) is 13.1. The molecule has 0 heterocycles. The van der Waals surface area contributed by atoms with Crippen LogP contribution in [0.25, 0.3) is 0 Å². The van der Waals surface area contributed by atoms with Gasteiger partial charge in [0.05, 0.1) is 12.6 Å². The number of carbonyl (C=O) groups excluding carboxylic acids is 1. The zero-order valence-corrected chi connectivity index (χ0v) is 8.66. The molecule has 0 aliphatic heterocycles. The first-order chi connectivity index (χ1) is 6.04. The molecule has 13 heavy (non-hydrogen) atoms. The molecule has 0 aliphatic carbocycles. The summed E-state index contributed by atoms with van der Waals surface area (Å²) in [6.07, 6.45) is 0. The van der Waals surface area contributed by atoms with E-state index in [1.165, 1.54) is 0 Å². The maximum Gasteiger partial charge on any atom is 0.239 e. The van der Waals surface area contributed by atoms with Gasteiger partial charge in [-0.1, -0.05) is 13.8 Å². The molecule has 0 fully saturated rings. The summed E-state index contributed by atoms with van der Waals surface area (Å²) in [7, 11) is 0. The second-order valence-electron chi connectivity index (χ2n) is 3.41. The van der Waals surface area contributed by atoms with Gasteiger partial charge in [-0.2, -0.15) is 0 Å². The summed E-state index contributed by atoms with van der Waals surface area (Å²) in [5.74, 6) is 0.0618. The lowest BCUT2D eigenvalue weighted by Gasteiger charge is -2.25. The molecule has 0 bridgehead atoms. The van der Waals surface area contributed by atoms with Crippen molar-refractivity contribution < 1.29 is 9.90 Å². The Labute approximate surface area is 79.7 Å².